The van der Waals surface area contributed by atoms with Crippen LogP contribution >= 0.6 is 0 Å². The van der Waals surface area contributed by atoms with E-state index in [-0.39, 0.29) is 18.4 Å². The highest BCUT2D eigenvalue weighted by Gasteiger charge is 2.26. The molecule has 2 amide bonds. The van der Waals surface area contributed by atoms with Gasteiger partial charge >= 0.3 is 0 Å². The van der Waals surface area contributed by atoms with Crippen molar-refractivity contribution in [2.24, 2.45) is 0 Å². The van der Waals surface area contributed by atoms with Crippen molar-refractivity contribution in [2.75, 3.05) is 70.9 Å². The van der Waals surface area contributed by atoms with Crippen molar-refractivity contribution in [3.63, 3.8) is 0 Å². The van der Waals surface area contributed by atoms with Crippen LogP contribution in [0.4, 0.5) is 5.82 Å². The van der Waals surface area contributed by atoms with Crippen LogP contribution in [-0.4, -0.2) is 103 Å². The van der Waals surface area contributed by atoms with Gasteiger partial charge in [0.2, 0.25) is 5.91 Å². The molecule has 3 aromatic rings. The summed E-state index contributed by atoms with van der Waals surface area (Å²) in [4.78, 5) is 34.8. The number of benzene rings is 2. The molecular weight excluding hydrogens is 504 g/mol. The fourth-order valence-corrected chi connectivity index (χ4v) is 4.92. The summed E-state index contributed by atoms with van der Waals surface area (Å²) in [6.07, 6.45) is 0. The van der Waals surface area contributed by atoms with Crippen LogP contribution in [0.25, 0.3) is 11.3 Å². The van der Waals surface area contributed by atoms with Crippen molar-refractivity contribution >= 4 is 17.6 Å². The zero-order chi connectivity index (χ0) is 28.5. The third kappa shape index (κ3) is 7.15. The van der Waals surface area contributed by atoms with E-state index in [9.17, 15) is 9.59 Å². The molecule has 1 aliphatic rings. The van der Waals surface area contributed by atoms with E-state index in [1.54, 1.807) is 12.0 Å². The molecule has 0 unspecified atom stereocenters. The fourth-order valence-electron chi connectivity index (χ4n) is 4.92. The van der Waals surface area contributed by atoms with Crippen molar-refractivity contribution in [1.29, 1.82) is 0 Å². The van der Waals surface area contributed by atoms with Gasteiger partial charge in [0.25, 0.3) is 5.91 Å². The number of rotatable bonds is 11. The normalized spacial score (nSPS) is 13.4. The Morgan fingerprint density at radius 1 is 0.900 bits per heavy atom. The van der Waals surface area contributed by atoms with Crippen LogP contribution in [0.1, 0.15) is 29.8 Å². The highest BCUT2D eigenvalue weighted by atomic mass is 16.5. The third-order valence-corrected chi connectivity index (χ3v) is 7.54. The number of piperazine rings is 1. The first-order valence-corrected chi connectivity index (χ1v) is 14.0. The first-order chi connectivity index (χ1) is 19.4. The molecule has 0 aliphatic carbocycles. The lowest BCUT2D eigenvalue weighted by Gasteiger charge is -2.36. The minimum Gasteiger partial charge on any atom is -0.497 e. The van der Waals surface area contributed by atoms with E-state index in [4.69, 9.17) is 4.74 Å². The van der Waals surface area contributed by atoms with E-state index in [1.165, 1.54) is 0 Å². The SMILES string of the molecule is CCN(CC)CCN(CC(=O)N1CCN(c2ccc(-c3cccc(OC)c3)nn2)CC1)C(=O)c1ccccc1C. The number of aromatic nitrogens is 2. The van der Waals surface area contributed by atoms with Gasteiger partial charge in [0, 0.05) is 50.4 Å². The van der Waals surface area contributed by atoms with E-state index < -0.39 is 0 Å². The van der Waals surface area contributed by atoms with E-state index in [1.807, 2.05) is 72.5 Å². The molecule has 1 fully saturated rings. The molecule has 0 atom stereocenters. The van der Waals surface area contributed by atoms with Gasteiger partial charge in [-0.15, -0.1) is 10.2 Å². The van der Waals surface area contributed by atoms with Crippen LogP contribution in [0.15, 0.2) is 60.7 Å². The van der Waals surface area contributed by atoms with Gasteiger partial charge in [-0.25, -0.2) is 0 Å². The van der Waals surface area contributed by atoms with Crippen molar-refractivity contribution in [1.82, 2.24) is 24.9 Å². The number of hydrogen-bond acceptors (Lipinski definition) is 7. The lowest BCUT2D eigenvalue weighted by molar-refractivity contribution is -0.132. The molecule has 40 heavy (non-hydrogen) atoms. The number of carbonyl (C=O) groups is 2. The molecule has 4 rings (SSSR count). The Bertz CT molecular complexity index is 1270. The second-order valence-corrected chi connectivity index (χ2v) is 9.95. The smallest absolute Gasteiger partial charge is 0.254 e. The molecule has 2 heterocycles. The average molecular weight is 545 g/mol. The quantitative estimate of drug-likeness (QED) is 0.365. The van der Waals surface area contributed by atoms with Crippen molar-refractivity contribution in [3.05, 3.63) is 71.8 Å². The van der Waals surface area contributed by atoms with E-state index in [2.05, 4.69) is 33.8 Å². The zero-order valence-electron chi connectivity index (χ0n) is 24.0. The summed E-state index contributed by atoms with van der Waals surface area (Å²) in [5.74, 6) is 1.44. The van der Waals surface area contributed by atoms with Crippen LogP contribution in [0.3, 0.4) is 0 Å². The van der Waals surface area contributed by atoms with Crippen LogP contribution in [0.2, 0.25) is 0 Å². The summed E-state index contributed by atoms with van der Waals surface area (Å²) in [5, 5.41) is 8.87. The first kappa shape index (κ1) is 29.0. The molecule has 9 heteroatoms. The number of nitrogens with zero attached hydrogens (tertiary/aromatic N) is 6. The molecule has 9 nitrogen and oxygen atoms in total. The Hall–Kier alpha value is -3.98. The number of hydrogen-bond donors (Lipinski definition) is 0. The second kappa shape index (κ2) is 13.9. The number of likely N-dealkylation sites (N-methyl/N-ethyl adjacent to an activating group) is 1. The highest BCUT2D eigenvalue weighted by Crippen LogP contribution is 2.23. The Labute approximate surface area is 237 Å². The van der Waals surface area contributed by atoms with E-state index in [0.29, 0.717) is 38.3 Å². The third-order valence-electron chi connectivity index (χ3n) is 7.54. The van der Waals surface area contributed by atoms with E-state index in [0.717, 1.165) is 48.0 Å². The predicted molar refractivity (Wildman–Crippen MR) is 158 cm³/mol. The summed E-state index contributed by atoms with van der Waals surface area (Å²) >= 11 is 0. The van der Waals surface area contributed by atoms with Crippen LogP contribution in [0, 0.1) is 6.92 Å². The number of aryl methyl sites for hydroxylation is 1. The number of amides is 2. The van der Waals surface area contributed by atoms with Crippen molar-refractivity contribution in [2.45, 2.75) is 20.8 Å². The number of carbonyl (C=O) groups excluding carboxylic acids is 2. The van der Waals surface area contributed by atoms with Gasteiger partial charge in [0.15, 0.2) is 5.82 Å². The van der Waals surface area contributed by atoms with Gasteiger partial charge < -0.3 is 24.3 Å². The van der Waals surface area contributed by atoms with Gasteiger partial charge in [-0.05, 0) is 55.9 Å². The molecule has 0 N–H and O–H groups in total. The summed E-state index contributed by atoms with van der Waals surface area (Å²) in [6.45, 7) is 11.7. The molecule has 0 radical (unpaired) electrons. The standard InChI is InChI=1S/C31H40N6O3/c1-5-34(6-2)16-17-37(31(39)27-13-8-7-10-24(27)3)23-30(38)36-20-18-35(19-21-36)29-15-14-28(32-33-29)25-11-9-12-26(22-25)40-4/h7-15,22H,5-6,16-21,23H2,1-4H3. The van der Waals surface area contributed by atoms with Gasteiger partial charge in [-0.1, -0.05) is 44.2 Å². The molecule has 0 bridgehead atoms. The topological polar surface area (TPSA) is 82.1 Å². The zero-order valence-corrected chi connectivity index (χ0v) is 24.0. The minimum atomic E-state index is -0.0938. The largest absolute Gasteiger partial charge is 0.497 e. The molecule has 2 aromatic carbocycles. The predicted octanol–water partition coefficient (Wildman–Crippen LogP) is 3.59. The number of anilines is 1. The molecule has 1 aromatic heterocycles. The van der Waals surface area contributed by atoms with Crippen LogP contribution in [0.5, 0.6) is 5.75 Å². The Morgan fingerprint density at radius 3 is 2.30 bits per heavy atom. The van der Waals surface area contributed by atoms with Crippen LogP contribution in [-0.2, 0) is 4.79 Å². The molecule has 0 saturated carbocycles. The van der Waals surface area contributed by atoms with Gasteiger partial charge in [-0.2, -0.15) is 0 Å². The maximum absolute atomic E-state index is 13.5. The molecular formula is C31H40N6O3. The van der Waals surface area contributed by atoms with Gasteiger partial charge in [-0.3, -0.25) is 9.59 Å². The number of ether oxygens (including phenoxy) is 1. The summed E-state index contributed by atoms with van der Waals surface area (Å²) in [5.41, 5.74) is 3.29. The maximum Gasteiger partial charge on any atom is 0.254 e. The molecule has 1 saturated heterocycles. The number of methoxy groups -OCH3 is 1. The first-order valence-electron chi connectivity index (χ1n) is 14.0. The highest BCUT2D eigenvalue weighted by molar-refractivity contribution is 5.97. The lowest BCUT2D eigenvalue weighted by Crippen LogP contribution is -2.52. The Kier molecular flexibility index (Phi) is 10.1. The van der Waals surface area contributed by atoms with E-state index >= 15 is 0 Å². The maximum atomic E-state index is 13.5. The van der Waals surface area contributed by atoms with Crippen molar-refractivity contribution in [3.8, 4) is 17.0 Å². The van der Waals surface area contributed by atoms with Crippen LogP contribution < -0.4 is 9.64 Å². The summed E-state index contributed by atoms with van der Waals surface area (Å²) < 4.78 is 5.31. The average Bonchev–Trinajstić information content (AvgIpc) is 3.01. The lowest BCUT2D eigenvalue weighted by atomic mass is 10.1. The molecule has 1 aliphatic heterocycles. The minimum absolute atomic E-state index is 0.0272. The van der Waals surface area contributed by atoms with Crippen molar-refractivity contribution < 1.29 is 14.3 Å². The fraction of sp³-hybridized carbons (Fsp3) is 0.419. The Morgan fingerprint density at radius 2 is 1.65 bits per heavy atom. The van der Waals surface area contributed by atoms with Gasteiger partial charge in [0.1, 0.15) is 12.3 Å². The molecule has 0 spiro atoms. The second-order valence-electron chi connectivity index (χ2n) is 9.95. The monoisotopic (exact) mass is 544 g/mol. The Balaban J connectivity index is 1.37. The summed E-state index contributed by atoms with van der Waals surface area (Å²) in [6, 6.07) is 19.2. The summed E-state index contributed by atoms with van der Waals surface area (Å²) in [7, 11) is 1.64. The van der Waals surface area contributed by atoms with Gasteiger partial charge in [0.05, 0.1) is 12.8 Å². The molecule has 212 valence electrons.